The fourth-order valence-electron chi connectivity index (χ4n) is 2.39. The number of amides is 1. The lowest BCUT2D eigenvalue weighted by Crippen LogP contribution is -2.48. The molecule has 98 valence electrons. The average Bonchev–Trinajstić information content (AvgIpc) is 2.39. The van der Waals surface area contributed by atoms with Crippen molar-refractivity contribution in [2.24, 2.45) is 5.73 Å². The zero-order chi connectivity index (χ0) is 13.0. The third kappa shape index (κ3) is 3.31. The summed E-state index contributed by atoms with van der Waals surface area (Å²) in [5.41, 5.74) is 6.83. The summed E-state index contributed by atoms with van der Waals surface area (Å²) < 4.78 is 0. The first-order valence-corrected chi connectivity index (χ1v) is 6.46. The number of hydrogen-bond acceptors (Lipinski definition) is 3. The number of carbonyl (C=O) groups excluding carboxylic acids is 1. The molecule has 3 N–H and O–H groups in total. The van der Waals surface area contributed by atoms with E-state index < -0.39 is 6.04 Å². The standard InChI is InChI=1S/C14H21N3O/c1-17-9-5-8-12(10-17)16-14(18)13(15)11-6-3-2-4-7-11/h2-4,6-7,12-13H,5,8-10,15H2,1H3,(H,16,18)/t12?,13-/m1/s1. The molecule has 4 nitrogen and oxygen atoms in total. The number of nitrogens with zero attached hydrogens (tertiary/aromatic N) is 1. The molecule has 1 aliphatic heterocycles. The van der Waals surface area contributed by atoms with E-state index in [0.717, 1.165) is 31.5 Å². The second-order valence-corrected chi connectivity index (χ2v) is 5.00. The maximum atomic E-state index is 12.1. The Bertz CT molecular complexity index is 393. The minimum Gasteiger partial charge on any atom is -0.350 e. The third-order valence-corrected chi connectivity index (χ3v) is 3.41. The van der Waals surface area contributed by atoms with Gasteiger partial charge in [0.15, 0.2) is 0 Å². The van der Waals surface area contributed by atoms with E-state index in [9.17, 15) is 4.79 Å². The van der Waals surface area contributed by atoms with Crippen LogP contribution < -0.4 is 11.1 Å². The van der Waals surface area contributed by atoms with Crippen LogP contribution in [0.3, 0.4) is 0 Å². The van der Waals surface area contributed by atoms with Gasteiger partial charge in [0.2, 0.25) is 5.91 Å². The monoisotopic (exact) mass is 247 g/mol. The molecule has 0 aromatic heterocycles. The summed E-state index contributed by atoms with van der Waals surface area (Å²) in [4.78, 5) is 14.3. The molecule has 0 aliphatic carbocycles. The summed E-state index contributed by atoms with van der Waals surface area (Å²) in [7, 11) is 2.08. The van der Waals surface area contributed by atoms with Gasteiger partial charge >= 0.3 is 0 Å². The number of likely N-dealkylation sites (N-methyl/N-ethyl adjacent to an activating group) is 1. The smallest absolute Gasteiger partial charge is 0.241 e. The Morgan fingerprint density at radius 3 is 2.83 bits per heavy atom. The van der Waals surface area contributed by atoms with Gasteiger partial charge in [-0.2, -0.15) is 0 Å². The first-order chi connectivity index (χ1) is 8.66. The highest BCUT2D eigenvalue weighted by molar-refractivity contribution is 5.83. The normalized spacial score (nSPS) is 22.4. The molecule has 4 heteroatoms. The van der Waals surface area contributed by atoms with Gasteiger partial charge < -0.3 is 16.0 Å². The van der Waals surface area contributed by atoms with Gasteiger partial charge in [0.05, 0.1) is 0 Å². The first-order valence-electron chi connectivity index (χ1n) is 6.46. The first kappa shape index (κ1) is 13.1. The second-order valence-electron chi connectivity index (χ2n) is 5.00. The molecule has 1 aromatic rings. The van der Waals surface area contributed by atoms with Crippen LogP contribution in [0.15, 0.2) is 30.3 Å². The van der Waals surface area contributed by atoms with Crippen LogP contribution in [0.5, 0.6) is 0 Å². The predicted molar refractivity (Wildman–Crippen MR) is 72.0 cm³/mol. The lowest BCUT2D eigenvalue weighted by atomic mass is 10.0. The maximum absolute atomic E-state index is 12.1. The van der Waals surface area contributed by atoms with Gasteiger partial charge in [-0.1, -0.05) is 30.3 Å². The largest absolute Gasteiger partial charge is 0.350 e. The molecule has 2 rings (SSSR count). The van der Waals surface area contributed by atoms with Crippen molar-refractivity contribution in [2.45, 2.75) is 24.9 Å². The van der Waals surface area contributed by atoms with E-state index in [2.05, 4.69) is 17.3 Å². The van der Waals surface area contributed by atoms with Gasteiger partial charge in [-0.05, 0) is 32.0 Å². The summed E-state index contributed by atoms with van der Waals surface area (Å²) in [5.74, 6) is -0.0819. The van der Waals surface area contributed by atoms with E-state index in [4.69, 9.17) is 5.73 Å². The van der Waals surface area contributed by atoms with Crippen LogP contribution in [0.1, 0.15) is 24.4 Å². The van der Waals surface area contributed by atoms with Crippen molar-refractivity contribution in [2.75, 3.05) is 20.1 Å². The third-order valence-electron chi connectivity index (χ3n) is 3.41. The zero-order valence-electron chi connectivity index (χ0n) is 10.8. The Labute approximate surface area is 108 Å². The number of piperidine rings is 1. The molecule has 0 radical (unpaired) electrons. The minimum absolute atomic E-state index is 0.0819. The van der Waals surface area contributed by atoms with E-state index in [1.807, 2.05) is 30.3 Å². The van der Waals surface area contributed by atoms with Gasteiger partial charge in [-0.25, -0.2) is 0 Å². The lowest BCUT2D eigenvalue weighted by molar-refractivity contribution is -0.123. The summed E-state index contributed by atoms with van der Waals surface area (Å²) in [6.45, 7) is 2.02. The van der Waals surface area contributed by atoms with E-state index in [0.29, 0.717) is 0 Å². The van der Waals surface area contributed by atoms with Crippen molar-refractivity contribution in [3.63, 3.8) is 0 Å². The van der Waals surface area contributed by atoms with Crippen molar-refractivity contribution in [1.29, 1.82) is 0 Å². The number of rotatable bonds is 3. The molecule has 1 heterocycles. The van der Waals surface area contributed by atoms with Gasteiger partial charge in [-0.3, -0.25) is 4.79 Å². The number of hydrogen-bond donors (Lipinski definition) is 2. The quantitative estimate of drug-likeness (QED) is 0.834. The topological polar surface area (TPSA) is 58.4 Å². The number of nitrogens with two attached hydrogens (primary N) is 1. The summed E-state index contributed by atoms with van der Waals surface area (Å²) in [5, 5.41) is 3.04. The Balaban J connectivity index is 1.91. The summed E-state index contributed by atoms with van der Waals surface area (Å²) in [6.07, 6.45) is 2.17. The molecule has 2 atom stereocenters. The molecule has 1 aromatic carbocycles. The molecule has 0 bridgehead atoms. The fraction of sp³-hybridized carbons (Fsp3) is 0.500. The van der Waals surface area contributed by atoms with Crippen molar-refractivity contribution in [3.05, 3.63) is 35.9 Å². The van der Waals surface area contributed by atoms with Crippen LogP contribution >= 0.6 is 0 Å². The average molecular weight is 247 g/mol. The maximum Gasteiger partial charge on any atom is 0.241 e. The summed E-state index contributed by atoms with van der Waals surface area (Å²) >= 11 is 0. The fourth-order valence-corrected chi connectivity index (χ4v) is 2.39. The Kier molecular flexibility index (Phi) is 4.33. The van der Waals surface area contributed by atoms with Crippen molar-refractivity contribution in [1.82, 2.24) is 10.2 Å². The van der Waals surface area contributed by atoms with Crippen LogP contribution in [0, 0.1) is 0 Å². The van der Waals surface area contributed by atoms with Crippen LogP contribution in [-0.4, -0.2) is 37.0 Å². The van der Waals surface area contributed by atoms with Gasteiger partial charge in [0, 0.05) is 12.6 Å². The molecule has 1 unspecified atom stereocenters. The van der Waals surface area contributed by atoms with E-state index in [1.54, 1.807) is 0 Å². The lowest BCUT2D eigenvalue weighted by Gasteiger charge is -2.30. The number of likely N-dealkylation sites (tertiary alicyclic amines) is 1. The zero-order valence-corrected chi connectivity index (χ0v) is 10.8. The van der Waals surface area contributed by atoms with Crippen LogP contribution in [0.25, 0.3) is 0 Å². The molecule has 1 saturated heterocycles. The Morgan fingerprint density at radius 2 is 2.17 bits per heavy atom. The van der Waals surface area contributed by atoms with Crippen molar-refractivity contribution in [3.8, 4) is 0 Å². The highest BCUT2D eigenvalue weighted by Crippen LogP contribution is 2.12. The SMILES string of the molecule is CN1CCCC(NC(=O)[C@H](N)c2ccccc2)C1. The van der Waals surface area contributed by atoms with E-state index in [-0.39, 0.29) is 11.9 Å². The van der Waals surface area contributed by atoms with E-state index in [1.165, 1.54) is 0 Å². The van der Waals surface area contributed by atoms with Crippen LogP contribution in [0.2, 0.25) is 0 Å². The molecule has 1 aliphatic rings. The van der Waals surface area contributed by atoms with Gasteiger partial charge in [0.25, 0.3) is 0 Å². The summed E-state index contributed by atoms with van der Waals surface area (Å²) in [6, 6.07) is 9.15. The van der Waals surface area contributed by atoms with Crippen LogP contribution in [0.4, 0.5) is 0 Å². The predicted octanol–water partition coefficient (Wildman–Crippen LogP) is 0.897. The van der Waals surface area contributed by atoms with Crippen molar-refractivity contribution < 1.29 is 4.79 Å². The number of nitrogens with one attached hydrogen (secondary N) is 1. The second kappa shape index (κ2) is 5.98. The van der Waals surface area contributed by atoms with Crippen LogP contribution in [-0.2, 0) is 4.79 Å². The molecule has 1 amide bonds. The molecule has 0 saturated carbocycles. The highest BCUT2D eigenvalue weighted by atomic mass is 16.2. The molecule has 0 spiro atoms. The van der Waals surface area contributed by atoms with Gasteiger partial charge in [0.1, 0.15) is 6.04 Å². The molecular weight excluding hydrogens is 226 g/mol. The highest BCUT2D eigenvalue weighted by Gasteiger charge is 2.22. The number of carbonyl (C=O) groups is 1. The minimum atomic E-state index is -0.571. The molecular formula is C14H21N3O. The van der Waals surface area contributed by atoms with Gasteiger partial charge in [-0.15, -0.1) is 0 Å². The van der Waals surface area contributed by atoms with E-state index >= 15 is 0 Å². The Hall–Kier alpha value is -1.39. The number of benzene rings is 1. The Morgan fingerprint density at radius 1 is 1.44 bits per heavy atom. The molecule has 1 fully saturated rings. The molecule has 18 heavy (non-hydrogen) atoms. The van der Waals surface area contributed by atoms with Crippen molar-refractivity contribution >= 4 is 5.91 Å².